The molecule has 12 heavy (non-hydrogen) atoms. The third-order valence-electron chi connectivity index (χ3n) is 2.81. The lowest BCUT2D eigenvalue weighted by molar-refractivity contribution is 0.0816. The highest BCUT2D eigenvalue weighted by Gasteiger charge is 2.35. The number of methoxy groups -OCH3 is 1. The van der Waals surface area contributed by atoms with Crippen LogP contribution in [0.3, 0.4) is 0 Å². The van der Waals surface area contributed by atoms with Crippen molar-refractivity contribution in [1.29, 1.82) is 0 Å². The van der Waals surface area contributed by atoms with Gasteiger partial charge in [0, 0.05) is 25.2 Å². The van der Waals surface area contributed by atoms with E-state index in [2.05, 4.69) is 6.92 Å². The zero-order valence-electron chi connectivity index (χ0n) is 8.01. The molecule has 0 spiro atoms. The highest BCUT2D eigenvalue weighted by Crippen LogP contribution is 2.26. The lowest BCUT2D eigenvalue weighted by atomic mass is 9.82. The van der Waals surface area contributed by atoms with Gasteiger partial charge in [-0.15, -0.1) is 0 Å². The van der Waals surface area contributed by atoms with Crippen LogP contribution in [0.2, 0.25) is 0 Å². The first-order valence-corrected chi connectivity index (χ1v) is 4.58. The zero-order valence-corrected chi connectivity index (χ0v) is 8.01. The molecule has 0 aliphatic carbocycles. The van der Waals surface area contributed by atoms with Crippen LogP contribution in [0.25, 0.3) is 0 Å². The lowest BCUT2D eigenvalue weighted by Gasteiger charge is -2.32. The van der Waals surface area contributed by atoms with E-state index in [9.17, 15) is 0 Å². The van der Waals surface area contributed by atoms with E-state index in [1.165, 1.54) is 0 Å². The van der Waals surface area contributed by atoms with Crippen molar-refractivity contribution in [3.05, 3.63) is 0 Å². The van der Waals surface area contributed by atoms with E-state index in [0.29, 0.717) is 12.5 Å². The molecule has 2 atom stereocenters. The van der Waals surface area contributed by atoms with Gasteiger partial charge in [0.2, 0.25) is 0 Å². The zero-order chi connectivity index (χ0) is 9.03. The van der Waals surface area contributed by atoms with Crippen LogP contribution < -0.4 is 5.73 Å². The highest BCUT2D eigenvalue weighted by molar-refractivity contribution is 4.91. The van der Waals surface area contributed by atoms with Crippen LogP contribution in [0, 0.1) is 5.92 Å². The van der Waals surface area contributed by atoms with Crippen LogP contribution in [0.15, 0.2) is 0 Å². The van der Waals surface area contributed by atoms with Crippen molar-refractivity contribution >= 4 is 0 Å². The summed E-state index contributed by atoms with van der Waals surface area (Å²) in [5.41, 5.74) is 6.03. The summed E-state index contributed by atoms with van der Waals surface area (Å²) in [6, 6.07) is 0. The summed E-state index contributed by atoms with van der Waals surface area (Å²) in [5, 5.41) is 0. The van der Waals surface area contributed by atoms with E-state index in [1.54, 1.807) is 7.11 Å². The summed E-state index contributed by atoms with van der Waals surface area (Å²) in [6.45, 7) is 4.40. The Morgan fingerprint density at radius 1 is 1.67 bits per heavy atom. The van der Waals surface area contributed by atoms with Crippen LogP contribution >= 0.6 is 0 Å². The molecule has 0 bridgehead atoms. The Labute approximate surface area is 74.2 Å². The molecule has 3 heteroatoms. The molecule has 2 unspecified atom stereocenters. The summed E-state index contributed by atoms with van der Waals surface area (Å²) in [5.74, 6) is 0.474. The summed E-state index contributed by atoms with van der Waals surface area (Å²) >= 11 is 0. The Morgan fingerprint density at radius 3 is 2.83 bits per heavy atom. The molecule has 2 N–H and O–H groups in total. The normalized spacial score (nSPS) is 28.8. The molecular weight excluding hydrogens is 154 g/mol. The molecule has 0 aromatic heterocycles. The minimum Gasteiger partial charge on any atom is -0.383 e. The fraction of sp³-hybridized carbons (Fsp3) is 1.00. The average Bonchev–Trinajstić information content (AvgIpc) is 2.57. The molecule has 3 nitrogen and oxygen atoms in total. The van der Waals surface area contributed by atoms with Gasteiger partial charge in [0.05, 0.1) is 13.2 Å². The number of ether oxygens (including phenoxy) is 2. The monoisotopic (exact) mass is 173 g/mol. The standard InChI is InChI=1S/C9H19NO2/c1-3-9(10,7-11-2)8-4-5-12-6-8/h8H,3-7,10H2,1-2H3. The smallest absolute Gasteiger partial charge is 0.0645 e. The maximum absolute atomic E-state index is 6.21. The molecule has 1 rings (SSSR count). The molecule has 0 radical (unpaired) electrons. The second-order valence-electron chi connectivity index (χ2n) is 3.58. The fourth-order valence-corrected chi connectivity index (χ4v) is 1.77. The summed E-state index contributed by atoms with van der Waals surface area (Å²) < 4.78 is 10.4. The fourth-order valence-electron chi connectivity index (χ4n) is 1.77. The molecule has 0 amide bonds. The second kappa shape index (κ2) is 4.21. The van der Waals surface area contributed by atoms with Gasteiger partial charge < -0.3 is 15.2 Å². The van der Waals surface area contributed by atoms with Gasteiger partial charge in [-0.1, -0.05) is 6.92 Å². The average molecular weight is 173 g/mol. The molecule has 0 aromatic carbocycles. The van der Waals surface area contributed by atoms with Crippen LogP contribution in [-0.2, 0) is 9.47 Å². The van der Waals surface area contributed by atoms with Crippen molar-refractivity contribution in [1.82, 2.24) is 0 Å². The van der Waals surface area contributed by atoms with Crippen molar-refractivity contribution in [2.75, 3.05) is 26.9 Å². The van der Waals surface area contributed by atoms with Gasteiger partial charge in [-0.2, -0.15) is 0 Å². The van der Waals surface area contributed by atoms with Crippen LogP contribution in [-0.4, -0.2) is 32.5 Å². The first kappa shape index (κ1) is 9.96. The Hall–Kier alpha value is -0.120. The van der Waals surface area contributed by atoms with Crippen LogP contribution in [0.1, 0.15) is 19.8 Å². The van der Waals surface area contributed by atoms with Gasteiger partial charge >= 0.3 is 0 Å². The van der Waals surface area contributed by atoms with Crippen molar-refractivity contribution in [3.8, 4) is 0 Å². The van der Waals surface area contributed by atoms with Gasteiger partial charge in [0.25, 0.3) is 0 Å². The molecule has 1 saturated heterocycles. The van der Waals surface area contributed by atoms with Crippen LogP contribution in [0.4, 0.5) is 0 Å². The van der Waals surface area contributed by atoms with E-state index in [4.69, 9.17) is 15.2 Å². The quantitative estimate of drug-likeness (QED) is 0.683. The lowest BCUT2D eigenvalue weighted by Crippen LogP contribution is -2.50. The minimum absolute atomic E-state index is 0.175. The van der Waals surface area contributed by atoms with Gasteiger partial charge in [-0.3, -0.25) is 0 Å². The van der Waals surface area contributed by atoms with Gasteiger partial charge in [-0.05, 0) is 12.8 Å². The van der Waals surface area contributed by atoms with Gasteiger partial charge in [-0.25, -0.2) is 0 Å². The maximum atomic E-state index is 6.21. The third kappa shape index (κ3) is 1.97. The van der Waals surface area contributed by atoms with Crippen molar-refractivity contribution < 1.29 is 9.47 Å². The topological polar surface area (TPSA) is 44.5 Å². The molecule has 1 heterocycles. The van der Waals surface area contributed by atoms with E-state index >= 15 is 0 Å². The third-order valence-corrected chi connectivity index (χ3v) is 2.81. The molecule has 72 valence electrons. The predicted molar refractivity (Wildman–Crippen MR) is 48.0 cm³/mol. The number of hydrogen-bond acceptors (Lipinski definition) is 3. The molecular formula is C9H19NO2. The van der Waals surface area contributed by atoms with Crippen molar-refractivity contribution in [3.63, 3.8) is 0 Å². The Balaban J connectivity index is 2.51. The summed E-state index contributed by atoms with van der Waals surface area (Å²) in [4.78, 5) is 0. The molecule has 0 aromatic rings. The van der Waals surface area contributed by atoms with E-state index in [0.717, 1.165) is 26.1 Å². The maximum Gasteiger partial charge on any atom is 0.0645 e. The molecule has 1 aliphatic rings. The van der Waals surface area contributed by atoms with E-state index in [1.807, 2.05) is 0 Å². The Kier molecular flexibility index (Phi) is 3.50. The number of rotatable bonds is 4. The number of hydrogen-bond donors (Lipinski definition) is 1. The minimum atomic E-state index is -0.175. The van der Waals surface area contributed by atoms with Gasteiger partial charge in [0.1, 0.15) is 0 Å². The van der Waals surface area contributed by atoms with Crippen molar-refractivity contribution in [2.24, 2.45) is 11.7 Å². The molecule has 0 saturated carbocycles. The molecule has 1 fully saturated rings. The van der Waals surface area contributed by atoms with Gasteiger partial charge in [0.15, 0.2) is 0 Å². The van der Waals surface area contributed by atoms with Crippen molar-refractivity contribution in [2.45, 2.75) is 25.3 Å². The SMILES string of the molecule is CCC(N)(COC)C1CCOC1. The van der Waals surface area contributed by atoms with Crippen LogP contribution in [0.5, 0.6) is 0 Å². The summed E-state index contributed by atoms with van der Waals surface area (Å²) in [6.07, 6.45) is 2.03. The van der Waals surface area contributed by atoms with E-state index < -0.39 is 0 Å². The Morgan fingerprint density at radius 2 is 2.42 bits per heavy atom. The largest absolute Gasteiger partial charge is 0.383 e. The first-order valence-electron chi connectivity index (χ1n) is 4.58. The first-order chi connectivity index (χ1) is 5.73. The summed E-state index contributed by atoms with van der Waals surface area (Å²) in [7, 11) is 1.70. The number of nitrogens with two attached hydrogens (primary N) is 1. The highest BCUT2D eigenvalue weighted by atomic mass is 16.5. The molecule has 1 aliphatic heterocycles. The van der Waals surface area contributed by atoms with E-state index in [-0.39, 0.29) is 5.54 Å². The Bertz CT molecular complexity index is 134. The second-order valence-corrected chi connectivity index (χ2v) is 3.58. The predicted octanol–water partition coefficient (Wildman–Crippen LogP) is 0.777.